The Hall–Kier alpha value is -2.76. The Balaban J connectivity index is 1.43. The summed E-state index contributed by atoms with van der Waals surface area (Å²) in [5, 5.41) is 3.01. The predicted octanol–water partition coefficient (Wildman–Crippen LogP) is 3.29. The summed E-state index contributed by atoms with van der Waals surface area (Å²) in [6.45, 7) is 7.74. The lowest BCUT2D eigenvalue weighted by molar-refractivity contribution is 0.194. The first-order valence-electron chi connectivity index (χ1n) is 9.59. The number of benzene rings is 1. The van der Waals surface area contributed by atoms with Crippen molar-refractivity contribution in [2.24, 2.45) is 0 Å². The van der Waals surface area contributed by atoms with Crippen LogP contribution in [-0.4, -0.2) is 48.2 Å². The normalized spacial score (nSPS) is 15.3. The molecule has 1 saturated heterocycles. The molecule has 0 bridgehead atoms. The highest BCUT2D eigenvalue weighted by molar-refractivity contribution is 5.74. The number of rotatable bonds is 6. The second-order valence-electron chi connectivity index (χ2n) is 6.82. The van der Waals surface area contributed by atoms with Crippen molar-refractivity contribution in [3.8, 4) is 5.75 Å². The maximum Gasteiger partial charge on any atom is 0.317 e. The molecule has 0 saturated carbocycles. The lowest BCUT2D eigenvalue weighted by atomic mass is 10.2. The van der Waals surface area contributed by atoms with Crippen LogP contribution in [-0.2, 0) is 6.54 Å². The number of urea groups is 1. The summed E-state index contributed by atoms with van der Waals surface area (Å²) in [7, 11) is 0. The van der Waals surface area contributed by atoms with E-state index >= 15 is 0 Å². The summed E-state index contributed by atoms with van der Waals surface area (Å²) in [5.41, 5.74) is 2.17. The standard InChI is InChI=1S/C21H28N4O2/c1-3-17(2)27-20-8-6-18(7-9-20)15-23-21(26)25-13-11-24(12-14-25)19-5-4-10-22-16-19/h4-10,16-17H,3,11-15H2,1-2H3,(H,23,26). The van der Waals surface area contributed by atoms with E-state index < -0.39 is 0 Å². The number of carbonyl (C=O) groups is 1. The second kappa shape index (κ2) is 9.26. The van der Waals surface area contributed by atoms with Crippen LogP contribution in [0.25, 0.3) is 0 Å². The molecule has 0 radical (unpaired) electrons. The van der Waals surface area contributed by atoms with Crippen LogP contribution in [0.4, 0.5) is 10.5 Å². The molecule has 0 aliphatic carbocycles. The summed E-state index contributed by atoms with van der Waals surface area (Å²) < 4.78 is 5.78. The molecular weight excluding hydrogens is 340 g/mol. The monoisotopic (exact) mass is 368 g/mol. The quantitative estimate of drug-likeness (QED) is 0.850. The van der Waals surface area contributed by atoms with Crippen molar-refractivity contribution in [1.82, 2.24) is 15.2 Å². The molecule has 27 heavy (non-hydrogen) atoms. The second-order valence-corrected chi connectivity index (χ2v) is 6.82. The number of pyridine rings is 1. The number of hydrogen-bond donors (Lipinski definition) is 1. The number of amides is 2. The molecule has 1 N–H and O–H groups in total. The van der Waals surface area contributed by atoms with Gasteiger partial charge in [-0.05, 0) is 43.2 Å². The first-order valence-corrected chi connectivity index (χ1v) is 9.59. The molecule has 2 heterocycles. The summed E-state index contributed by atoms with van der Waals surface area (Å²) in [6, 6.07) is 11.9. The van der Waals surface area contributed by atoms with Gasteiger partial charge in [-0.1, -0.05) is 19.1 Å². The first-order chi connectivity index (χ1) is 13.2. The van der Waals surface area contributed by atoms with Crippen LogP contribution in [0.1, 0.15) is 25.8 Å². The minimum Gasteiger partial charge on any atom is -0.491 e. The van der Waals surface area contributed by atoms with Crippen molar-refractivity contribution in [2.45, 2.75) is 32.9 Å². The molecule has 6 nitrogen and oxygen atoms in total. The van der Waals surface area contributed by atoms with Crippen LogP contribution in [0.3, 0.4) is 0 Å². The van der Waals surface area contributed by atoms with Gasteiger partial charge in [0.15, 0.2) is 0 Å². The van der Waals surface area contributed by atoms with Gasteiger partial charge in [0.1, 0.15) is 5.75 Å². The van der Waals surface area contributed by atoms with Crippen molar-refractivity contribution in [3.63, 3.8) is 0 Å². The average molecular weight is 368 g/mol. The molecule has 1 fully saturated rings. The fourth-order valence-electron chi connectivity index (χ4n) is 3.00. The van der Waals surface area contributed by atoms with E-state index in [0.29, 0.717) is 19.6 Å². The van der Waals surface area contributed by atoms with E-state index in [-0.39, 0.29) is 12.1 Å². The van der Waals surface area contributed by atoms with Gasteiger partial charge in [-0.3, -0.25) is 4.98 Å². The highest BCUT2D eigenvalue weighted by Crippen LogP contribution is 2.16. The van der Waals surface area contributed by atoms with Crippen LogP contribution in [0.5, 0.6) is 5.75 Å². The highest BCUT2D eigenvalue weighted by atomic mass is 16.5. The van der Waals surface area contributed by atoms with Crippen LogP contribution in [0.15, 0.2) is 48.8 Å². The minimum atomic E-state index is -0.0132. The van der Waals surface area contributed by atoms with Gasteiger partial charge in [0.2, 0.25) is 0 Å². The van der Waals surface area contributed by atoms with Crippen LogP contribution < -0.4 is 15.0 Å². The number of nitrogens with zero attached hydrogens (tertiary/aromatic N) is 3. The summed E-state index contributed by atoms with van der Waals surface area (Å²) in [6.07, 6.45) is 4.83. The number of ether oxygens (including phenoxy) is 1. The van der Waals surface area contributed by atoms with Crippen molar-refractivity contribution in [2.75, 3.05) is 31.1 Å². The highest BCUT2D eigenvalue weighted by Gasteiger charge is 2.21. The SMILES string of the molecule is CCC(C)Oc1ccc(CNC(=O)N2CCN(c3cccnc3)CC2)cc1. The predicted molar refractivity (Wildman–Crippen MR) is 107 cm³/mol. The average Bonchev–Trinajstić information content (AvgIpc) is 2.73. The molecule has 0 spiro atoms. The molecule has 6 heteroatoms. The molecule has 1 aliphatic rings. The number of anilines is 1. The van der Waals surface area contributed by atoms with E-state index in [1.54, 1.807) is 6.20 Å². The Morgan fingerprint density at radius 2 is 1.93 bits per heavy atom. The molecule has 2 amide bonds. The number of carbonyl (C=O) groups excluding carboxylic acids is 1. The Labute approximate surface area is 161 Å². The minimum absolute atomic E-state index is 0.0132. The van der Waals surface area contributed by atoms with Gasteiger partial charge >= 0.3 is 6.03 Å². The van der Waals surface area contributed by atoms with Crippen molar-refractivity contribution in [1.29, 1.82) is 0 Å². The Morgan fingerprint density at radius 1 is 1.19 bits per heavy atom. The molecule has 1 aliphatic heterocycles. The molecule has 1 unspecified atom stereocenters. The first kappa shape index (κ1) is 19.0. The van der Waals surface area contributed by atoms with Crippen molar-refractivity contribution >= 4 is 11.7 Å². The van der Waals surface area contributed by atoms with Gasteiger partial charge in [0.25, 0.3) is 0 Å². The number of aromatic nitrogens is 1. The molecule has 1 atom stereocenters. The maximum atomic E-state index is 12.4. The Morgan fingerprint density at radius 3 is 2.56 bits per heavy atom. The zero-order chi connectivity index (χ0) is 19.1. The number of piperazine rings is 1. The molecular formula is C21H28N4O2. The van der Waals surface area contributed by atoms with E-state index in [1.807, 2.05) is 41.4 Å². The van der Waals surface area contributed by atoms with E-state index in [4.69, 9.17) is 4.74 Å². The summed E-state index contributed by atoms with van der Waals surface area (Å²) >= 11 is 0. The van der Waals surface area contributed by atoms with Gasteiger partial charge in [-0.15, -0.1) is 0 Å². The third-order valence-corrected chi connectivity index (χ3v) is 4.86. The third kappa shape index (κ3) is 5.36. The van der Waals surface area contributed by atoms with Crippen LogP contribution in [0.2, 0.25) is 0 Å². The topological polar surface area (TPSA) is 57.7 Å². The van der Waals surface area contributed by atoms with E-state index in [1.165, 1.54) is 0 Å². The van der Waals surface area contributed by atoms with Gasteiger partial charge in [0.05, 0.1) is 18.0 Å². The Kier molecular flexibility index (Phi) is 6.52. The molecule has 3 rings (SSSR count). The smallest absolute Gasteiger partial charge is 0.317 e. The van der Waals surface area contributed by atoms with E-state index in [2.05, 4.69) is 35.1 Å². The lowest BCUT2D eigenvalue weighted by Gasteiger charge is -2.35. The fourth-order valence-corrected chi connectivity index (χ4v) is 3.00. The number of nitrogens with one attached hydrogen (secondary N) is 1. The third-order valence-electron chi connectivity index (χ3n) is 4.86. The molecule has 144 valence electrons. The summed E-state index contributed by atoms with van der Waals surface area (Å²) in [4.78, 5) is 20.7. The van der Waals surface area contributed by atoms with Crippen LogP contribution in [0, 0.1) is 0 Å². The fraction of sp³-hybridized carbons (Fsp3) is 0.429. The molecule has 2 aromatic rings. The molecule has 1 aromatic carbocycles. The van der Waals surface area contributed by atoms with Gasteiger partial charge in [-0.2, -0.15) is 0 Å². The van der Waals surface area contributed by atoms with Crippen LogP contribution >= 0.6 is 0 Å². The Bertz CT molecular complexity index is 713. The zero-order valence-electron chi connectivity index (χ0n) is 16.1. The van der Waals surface area contributed by atoms with Gasteiger partial charge in [0, 0.05) is 38.9 Å². The van der Waals surface area contributed by atoms with Gasteiger partial charge < -0.3 is 19.9 Å². The maximum absolute atomic E-state index is 12.4. The molecule has 1 aromatic heterocycles. The van der Waals surface area contributed by atoms with Crippen molar-refractivity contribution < 1.29 is 9.53 Å². The van der Waals surface area contributed by atoms with E-state index in [0.717, 1.165) is 36.5 Å². The van der Waals surface area contributed by atoms with Gasteiger partial charge in [-0.25, -0.2) is 4.79 Å². The van der Waals surface area contributed by atoms with Crippen molar-refractivity contribution in [3.05, 3.63) is 54.4 Å². The summed E-state index contributed by atoms with van der Waals surface area (Å²) in [5.74, 6) is 0.867. The number of hydrogen-bond acceptors (Lipinski definition) is 4. The lowest BCUT2D eigenvalue weighted by Crippen LogP contribution is -2.51. The zero-order valence-corrected chi connectivity index (χ0v) is 16.1. The largest absolute Gasteiger partial charge is 0.491 e. The van der Waals surface area contributed by atoms with E-state index in [9.17, 15) is 4.79 Å².